The van der Waals surface area contributed by atoms with Gasteiger partial charge in [0.2, 0.25) is 0 Å². The molecular formula is C13H16F2O3S. The summed E-state index contributed by atoms with van der Waals surface area (Å²) in [7, 11) is 0. The summed E-state index contributed by atoms with van der Waals surface area (Å²) >= 11 is 1.24. The maximum Gasteiger partial charge on any atom is 0.343 e. The second kappa shape index (κ2) is 5.17. The molecule has 106 valence electrons. The van der Waals surface area contributed by atoms with Crippen LogP contribution >= 0.6 is 11.3 Å². The minimum atomic E-state index is -2.77. The predicted molar refractivity (Wildman–Crippen MR) is 67.2 cm³/mol. The van der Waals surface area contributed by atoms with Gasteiger partial charge in [-0.2, -0.15) is 0 Å². The van der Waals surface area contributed by atoms with Gasteiger partial charge in [-0.3, -0.25) is 0 Å². The summed E-state index contributed by atoms with van der Waals surface area (Å²) in [5.74, 6) is -3.60. The SMILES string of the molecule is CCC(O)(C(=O)O[C@@H]1CCC(F)(F)C1)c1cccs1. The molecule has 0 spiro atoms. The van der Waals surface area contributed by atoms with E-state index in [-0.39, 0.29) is 19.3 Å². The molecule has 1 saturated carbocycles. The Hall–Kier alpha value is -1.01. The second-order valence-electron chi connectivity index (χ2n) is 4.82. The molecule has 1 fully saturated rings. The third-order valence-electron chi connectivity index (χ3n) is 3.41. The van der Waals surface area contributed by atoms with Crippen LogP contribution in [0.15, 0.2) is 17.5 Å². The van der Waals surface area contributed by atoms with Gasteiger partial charge >= 0.3 is 5.97 Å². The van der Waals surface area contributed by atoms with E-state index in [9.17, 15) is 18.7 Å². The van der Waals surface area contributed by atoms with E-state index in [0.717, 1.165) is 0 Å². The molecule has 0 amide bonds. The van der Waals surface area contributed by atoms with Crippen LogP contribution in [0.3, 0.4) is 0 Å². The average molecular weight is 290 g/mol. The quantitative estimate of drug-likeness (QED) is 0.867. The lowest BCUT2D eigenvalue weighted by molar-refractivity contribution is -0.173. The Morgan fingerprint density at radius 2 is 2.42 bits per heavy atom. The highest BCUT2D eigenvalue weighted by atomic mass is 32.1. The first kappa shape index (κ1) is 14.4. The maximum absolute atomic E-state index is 13.0. The van der Waals surface area contributed by atoms with Gasteiger partial charge in [0, 0.05) is 17.7 Å². The molecule has 1 N–H and O–H groups in total. The number of aliphatic hydroxyl groups is 1. The lowest BCUT2D eigenvalue weighted by Crippen LogP contribution is -2.38. The second-order valence-corrected chi connectivity index (χ2v) is 5.76. The van der Waals surface area contributed by atoms with Gasteiger partial charge in [0.15, 0.2) is 5.60 Å². The van der Waals surface area contributed by atoms with Crippen LogP contribution in [0.4, 0.5) is 8.78 Å². The van der Waals surface area contributed by atoms with Crippen molar-refractivity contribution in [1.82, 2.24) is 0 Å². The van der Waals surface area contributed by atoms with Crippen molar-refractivity contribution in [3.63, 3.8) is 0 Å². The number of carbonyl (C=O) groups is 1. The minimum Gasteiger partial charge on any atom is -0.460 e. The lowest BCUT2D eigenvalue weighted by Gasteiger charge is -2.25. The van der Waals surface area contributed by atoms with E-state index in [4.69, 9.17) is 4.74 Å². The fraction of sp³-hybridized carbons (Fsp3) is 0.615. The number of thiophene rings is 1. The molecule has 0 aliphatic heterocycles. The fourth-order valence-corrected chi connectivity index (χ4v) is 3.08. The summed E-state index contributed by atoms with van der Waals surface area (Å²) in [6.07, 6.45) is -1.24. The maximum atomic E-state index is 13.0. The first-order chi connectivity index (χ1) is 8.87. The van der Waals surface area contributed by atoms with Crippen LogP contribution in [0.25, 0.3) is 0 Å². The monoisotopic (exact) mass is 290 g/mol. The van der Waals surface area contributed by atoms with E-state index < -0.39 is 30.0 Å². The fourth-order valence-electron chi connectivity index (χ4n) is 2.19. The van der Waals surface area contributed by atoms with E-state index in [1.807, 2.05) is 0 Å². The molecule has 1 unspecified atom stereocenters. The molecule has 19 heavy (non-hydrogen) atoms. The third kappa shape index (κ3) is 2.95. The van der Waals surface area contributed by atoms with Crippen LogP contribution in [0.2, 0.25) is 0 Å². The Bertz CT molecular complexity index is 447. The Labute approximate surface area is 114 Å². The van der Waals surface area contributed by atoms with Crippen LogP contribution in [-0.4, -0.2) is 23.1 Å². The molecule has 2 rings (SSSR count). The van der Waals surface area contributed by atoms with Crippen LogP contribution in [-0.2, 0) is 15.1 Å². The summed E-state index contributed by atoms with van der Waals surface area (Å²) in [5.41, 5.74) is -1.73. The van der Waals surface area contributed by atoms with Crippen molar-refractivity contribution in [2.75, 3.05) is 0 Å². The number of hydrogen-bond acceptors (Lipinski definition) is 4. The molecule has 1 aromatic heterocycles. The molecule has 1 heterocycles. The lowest BCUT2D eigenvalue weighted by atomic mass is 9.99. The highest BCUT2D eigenvalue weighted by Gasteiger charge is 2.45. The number of halogens is 2. The Balaban J connectivity index is 2.06. The summed E-state index contributed by atoms with van der Waals surface area (Å²) < 4.78 is 31.2. The topological polar surface area (TPSA) is 46.5 Å². The van der Waals surface area contributed by atoms with Crippen LogP contribution in [0.5, 0.6) is 0 Å². The molecule has 0 aromatic carbocycles. The molecule has 3 nitrogen and oxygen atoms in total. The third-order valence-corrected chi connectivity index (χ3v) is 4.43. The highest BCUT2D eigenvalue weighted by molar-refractivity contribution is 7.10. The molecule has 2 atom stereocenters. The molecule has 1 aromatic rings. The Morgan fingerprint density at radius 3 is 2.89 bits per heavy atom. The number of esters is 1. The van der Waals surface area contributed by atoms with Gasteiger partial charge < -0.3 is 9.84 Å². The summed E-state index contributed by atoms with van der Waals surface area (Å²) in [6, 6.07) is 3.36. The smallest absolute Gasteiger partial charge is 0.343 e. The molecule has 6 heteroatoms. The van der Waals surface area contributed by atoms with E-state index in [1.54, 1.807) is 24.4 Å². The first-order valence-electron chi connectivity index (χ1n) is 6.22. The molecule has 1 aliphatic rings. The van der Waals surface area contributed by atoms with Crippen molar-refractivity contribution in [3.05, 3.63) is 22.4 Å². The number of hydrogen-bond donors (Lipinski definition) is 1. The summed E-state index contributed by atoms with van der Waals surface area (Å²) in [4.78, 5) is 12.5. The van der Waals surface area contributed by atoms with Crippen LogP contribution in [0.1, 0.15) is 37.5 Å². The van der Waals surface area contributed by atoms with Gasteiger partial charge in [-0.15, -0.1) is 11.3 Å². The zero-order valence-corrected chi connectivity index (χ0v) is 11.4. The average Bonchev–Trinajstić information content (AvgIpc) is 2.98. The summed E-state index contributed by atoms with van der Waals surface area (Å²) in [6.45, 7) is 1.66. The van der Waals surface area contributed by atoms with Crippen molar-refractivity contribution >= 4 is 17.3 Å². The number of ether oxygens (including phenoxy) is 1. The van der Waals surface area contributed by atoms with Crippen molar-refractivity contribution in [2.24, 2.45) is 0 Å². The van der Waals surface area contributed by atoms with E-state index in [2.05, 4.69) is 0 Å². The van der Waals surface area contributed by atoms with Crippen LogP contribution in [0, 0.1) is 0 Å². The zero-order valence-electron chi connectivity index (χ0n) is 10.6. The molecule has 0 saturated heterocycles. The largest absolute Gasteiger partial charge is 0.460 e. The van der Waals surface area contributed by atoms with Crippen molar-refractivity contribution in [3.8, 4) is 0 Å². The standard InChI is InChI=1S/C13H16F2O3S/c1-2-13(17,10-4-3-7-19-10)11(16)18-9-5-6-12(14,15)8-9/h3-4,7,9,17H,2,5-6,8H2,1H3/t9-,13?/m1/s1. The minimum absolute atomic E-state index is 0.142. The molecule has 0 radical (unpaired) electrons. The Morgan fingerprint density at radius 1 is 1.68 bits per heavy atom. The van der Waals surface area contributed by atoms with Crippen molar-refractivity contribution in [1.29, 1.82) is 0 Å². The molecular weight excluding hydrogens is 274 g/mol. The highest BCUT2D eigenvalue weighted by Crippen LogP contribution is 2.38. The number of rotatable bonds is 4. The van der Waals surface area contributed by atoms with Gasteiger partial charge in [-0.05, 0) is 24.3 Å². The van der Waals surface area contributed by atoms with Gasteiger partial charge in [0.25, 0.3) is 5.92 Å². The van der Waals surface area contributed by atoms with E-state index in [0.29, 0.717) is 4.88 Å². The van der Waals surface area contributed by atoms with Crippen molar-refractivity contribution in [2.45, 2.75) is 50.2 Å². The van der Waals surface area contributed by atoms with Crippen molar-refractivity contribution < 1.29 is 23.4 Å². The molecule has 0 bridgehead atoms. The zero-order chi connectivity index (χ0) is 14.1. The predicted octanol–water partition coefficient (Wildman–Crippen LogP) is 3.08. The van der Waals surface area contributed by atoms with E-state index in [1.165, 1.54) is 11.3 Å². The van der Waals surface area contributed by atoms with Gasteiger partial charge in [-0.25, -0.2) is 13.6 Å². The van der Waals surface area contributed by atoms with Gasteiger partial charge in [0.05, 0.1) is 0 Å². The number of alkyl halides is 2. The molecule has 1 aliphatic carbocycles. The Kier molecular flexibility index (Phi) is 3.92. The van der Waals surface area contributed by atoms with Gasteiger partial charge in [0.1, 0.15) is 6.10 Å². The summed E-state index contributed by atoms with van der Waals surface area (Å²) in [5, 5.41) is 12.1. The first-order valence-corrected chi connectivity index (χ1v) is 7.10. The normalized spacial score (nSPS) is 24.9. The van der Waals surface area contributed by atoms with E-state index >= 15 is 0 Å². The number of carbonyl (C=O) groups excluding carboxylic acids is 1. The van der Waals surface area contributed by atoms with Crippen LogP contribution < -0.4 is 0 Å². The van der Waals surface area contributed by atoms with Gasteiger partial charge in [-0.1, -0.05) is 13.0 Å².